The molecule has 0 atom stereocenters. The van der Waals surface area contributed by atoms with Crippen LogP contribution < -0.4 is 0 Å². The van der Waals surface area contributed by atoms with Gasteiger partial charge in [0.15, 0.2) is 0 Å². The molecule has 1 aromatic carbocycles. The summed E-state index contributed by atoms with van der Waals surface area (Å²) >= 11 is 0. The summed E-state index contributed by atoms with van der Waals surface area (Å²) in [5.74, 6) is -0.523. The number of rotatable bonds is 9. The Hall–Kier alpha value is -1.62. The topological polar surface area (TPSA) is 71.1 Å². The number of hydrogen-bond acceptors (Lipinski definition) is 6. The van der Waals surface area contributed by atoms with Gasteiger partial charge in [-0.25, -0.2) is 9.36 Å². The lowest BCUT2D eigenvalue weighted by Gasteiger charge is -2.19. The summed E-state index contributed by atoms with van der Waals surface area (Å²) in [6.07, 6.45) is 1.13. The first-order chi connectivity index (χ1) is 10.5. The second kappa shape index (κ2) is 9.41. The molecule has 0 spiro atoms. The third-order valence-corrected chi connectivity index (χ3v) is 3.95. The van der Waals surface area contributed by atoms with Crippen molar-refractivity contribution in [2.24, 2.45) is 0 Å². The van der Waals surface area contributed by atoms with Gasteiger partial charge in [0.2, 0.25) is 0 Å². The molecule has 1 rings (SSSR count). The molecule has 0 saturated carbocycles. The molecule has 0 saturated heterocycles. The van der Waals surface area contributed by atoms with Gasteiger partial charge in [0.25, 0.3) is 0 Å². The lowest BCUT2D eigenvalue weighted by atomic mass is 10.2. The van der Waals surface area contributed by atoms with Gasteiger partial charge in [-0.05, 0) is 20.8 Å². The van der Waals surface area contributed by atoms with Gasteiger partial charge in [0, 0.05) is 5.56 Å². The van der Waals surface area contributed by atoms with Gasteiger partial charge in [-0.3, -0.25) is 9.05 Å². The summed E-state index contributed by atoms with van der Waals surface area (Å²) in [5.41, 5.74) is 0.565. The Balaban J connectivity index is 3.10. The Labute approximate surface area is 130 Å². The van der Waals surface area contributed by atoms with E-state index in [1.807, 2.05) is 6.07 Å². The molecule has 122 valence electrons. The SMILES string of the molecule is CCOC(=O)C=C(OP(=O)(OCC)OCC)c1ccccc1. The van der Waals surface area contributed by atoms with Crippen LogP contribution in [0.2, 0.25) is 0 Å². The molecular formula is C15H21O6P. The van der Waals surface area contributed by atoms with E-state index in [0.29, 0.717) is 5.56 Å². The maximum absolute atomic E-state index is 12.5. The molecule has 0 unspecified atom stereocenters. The van der Waals surface area contributed by atoms with E-state index in [1.54, 1.807) is 45.0 Å². The maximum atomic E-state index is 12.5. The molecule has 1 aromatic rings. The van der Waals surface area contributed by atoms with Crippen LogP contribution in [-0.2, 0) is 27.7 Å². The van der Waals surface area contributed by atoms with Gasteiger partial charge in [-0.2, -0.15) is 0 Å². The van der Waals surface area contributed by atoms with E-state index < -0.39 is 13.8 Å². The fraction of sp³-hybridized carbons (Fsp3) is 0.400. The van der Waals surface area contributed by atoms with Crippen molar-refractivity contribution in [3.05, 3.63) is 42.0 Å². The standard InChI is InChI=1S/C15H21O6P/c1-4-18-15(16)12-14(13-10-8-7-9-11-13)21-22(17,19-5-2)20-6-3/h7-12H,4-6H2,1-3H3. The van der Waals surface area contributed by atoms with Crippen molar-refractivity contribution in [1.29, 1.82) is 0 Å². The third-order valence-electron chi connectivity index (χ3n) is 2.38. The van der Waals surface area contributed by atoms with Crippen molar-refractivity contribution >= 4 is 19.6 Å². The van der Waals surface area contributed by atoms with E-state index in [0.717, 1.165) is 6.08 Å². The van der Waals surface area contributed by atoms with Gasteiger partial charge in [-0.15, -0.1) is 0 Å². The van der Waals surface area contributed by atoms with Crippen molar-refractivity contribution in [3.63, 3.8) is 0 Å². The first kappa shape index (κ1) is 18.4. The molecule has 0 bridgehead atoms. The number of carbonyl (C=O) groups excluding carboxylic acids is 1. The molecule has 0 N–H and O–H groups in total. The molecule has 7 heteroatoms. The summed E-state index contributed by atoms with van der Waals surface area (Å²) in [5, 5.41) is 0. The second-order valence-electron chi connectivity index (χ2n) is 4.00. The molecular weight excluding hydrogens is 307 g/mol. The molecule has 0 radical (unpaired) electrons. The first-order valence-electron chi connectivity index (χ1n) is 7.07. The van der Waals surface area contributed by atoms with E-state index in [2.05, 4.69) is 0 Å². The zero-order valence-electron chi connectivity index (χ0n) is 13.0. The number of carbonyl (C=O) groups is 1. The number of hydrogen-bond donors (Lipinski definition) is 0. The minimum absolute atomic E-state index is 0.0734. The van der Waals surface area contributed by atoms with Crippen molar-refractivity contribution in [3.8, 4) is 0 Å². The van der Waals surface area contributed by atoms with Gasteiger partial charge in [0.05, 0.1) is 25.9 Å². The van der Waals surface area contributed by atoms with E-state index in [1.165, 1.54) is 0 Å². The molecule has 0 fully saturated rings. The number of benzene rings is 1. The quantitative estimate of drug-likeness (QED) is 0.297. The zero-order chi connectivity index (χ0) is 16.4. The molecule has 0 aromatic heterocycles. The van der Waals surface area contributed by atoms with Crippen LogP contribution in [0.25, 0.3) is 5.76 Å². The van der Waals surface area contributed by atoms with Gasteiger partial charge in [-0.1, -0.05) is 30.3 Å². The van der Waals surface area contributed by atoms with Gasteiger partial charge >= 0.3 is 13.8 Å². The Kier molecular flexibility index (Phi) is 7.88. The van der Waals surface area contributed by atoms with Gasteiger partial charge < -0.3 is 9.26 Å². The van der Waals surface area contributed by atoms with Crippen molar-refractivity contribution in [2.45, 2.75) is 20.8 Å². The van der Waals surface area contributed by atoms with Crippen molar-refractivity contribution in [1.82, 2.24) is 0 Å². The lowest BCUT2D eigenvalue weighted by molar-refractivity contribution is -0.137. The summed E-state index contributed by atoms with van der Waals surface area (Å²) in [4.78, 5) is 11.7. The van der Waals surface area contributed by atoms with E-state index in [4.69, 9.17) is 18.3 Å². The molecule has 0 amide bonds. The van der Waals surface area contributed by atoms with Gasteiger partial charge in [0.1, 0.15) is 5.76 Å². The monoisotopic (exact) mass is 328 g/mol. The molecule has 0 heterocycles. The normalized spacial score (nSPS) is 12.0. The van der Waals surface area contributed by atoms with Crippen LogP contribution in [-0.4, -0.2) is 25.8 Å². The van der Waals surface area contributed by atoms with E-state index in [-0.39, 0.29) is 25.6 Å². The predicted molar refractivity (Wildman–Crippen MR) is 83.0 cm³/mol. The summed E-state index contributed by atoms with van der Waals surface area (Å²) in [6.45, 7) is 5.57. The van der Waals surface area contributed by atoms with E-state index >= 15 is 0 Å². The van der Waals surface area contributed by atoms with Crippen molar-refractivity contribution in [2.75, 3.05) is 19.8 Å². The average Bonchev–Trinajstić information content (AvgIpc) is 2.48. The van der Waals surface area contributed by atoms with Crippen LogP contribution in [0.5, 0.6) is 0 Å². The number of esters is 1. The van der Waals surface area contributed by atoms with Crippen LogP contribution in [0, 0.1) is 0 Å². The van der Waals surface area contributed by atoms with Crippen LogP contribution in [0.1, 0.15) is 26.3 Å². The Morgan fingerprint density at radius 1 is 1.05 bits per heavy atom. The fourth-order valence-corrected chi connectivity index (χ4v) is 2.79. The maximum Gasteiger partial charge on any atom is 0.530 e. The number of ether oxygens (including phenoxy) is 1. The highest BCUT2D eigenvalue weighted by molar-refractivity contribution is 7.48. The lowest BCUT2D eigenvalue weighted by Crippen LogP contribution is -2.04. The molecule has 0 aliphatic heterocycles. The fourth-order valence-electron chi connectivity index (χ4n) is 1.58. The minimum Gasteiger partial charge on any atom is -0.463 e. The molecule has 0 aliphatic carbocycles. The Morgan fingerprint density at radius 2 is 1.64 bits per heavy atom. The van der Waals surface area contributed by atoms with E-state index in [9.17, 15) is 9.36 Å². The summed E-state index contributed by atoms with van der Waals surface area (Å²) in [7, 11) is -3.79. The molecule has 0 aliphatic rings. The van der Waals surface area contributed by atoms with Crippen LogP contribution in [0.3, 0.4) is 0 Å². The largest absolute Gasteiger partial charge is 0.530 e. The summed E-state index contributed by atoms with van der Waals surface area (Å²) in [6, 6.07) is 8.78. The smallest absolute Gasteiger partial charge is 0.463 e. The third kappa shape index (κ3) is 6.02. The molecule has 6 nitrogen and oxygen atoms in total. The zero-order valence-corrected chi connectivity index (χ0v) is 13.9. The highest BCUT2D eigenvalue weighted by Crippen LogP contribution is 2.52. The highest BCUT2D eigenvalue weighted by Gasteiger charge is 2.29. The Bertz CT molecular complexity index is 530. The van der Waals surface area contributed by atoms with Crippen molar-refractivity contribution < 1.29 is 27.7 Å². The number of phosphoric acid groups is 1. The second-order valence-corrected chi connectivity index (χ2v) is 5.59. The van der Waals surface area contributed by atoms with Crippen LogP contribution in [0.15, 0.2) is 36.4 Å². The van der Waals surface area contributed by atoms with Crippen LogP contribution in [0.4, 0.5) is 0 Å². The molecule has 22 heavy (non-hydrogen) atoms. The van der Waals surface area contributed by atoms with Crippen LogP contribution >= 0.6 is 7.82 Å². The first-order valence-corrected chi connectivity index (χ1v) is 8.53. The Morgan fingerprint density at radius 3 is 2.14 bits per heavy atom. The highest BCUT2D eigenvalue weighted by atomic mass is 31.2. The number of phosphoric ester groups is 1. The average molecular weight is 328 g/mol. The predicted octanol–water partition coefficient (Wildman–Crippen LogP) is 3.79. The minimum atomic E-state index is -3.79. The summed E-state index contributed by atoms with van der Waals surface area (Å²) < 4.78 is 32.9.